The summed E-state index contributed by atoms with van der Waals surface area (Å²) in [6.07, 6.45) is 95.5. The Labute approximate surface area is 457 Å². The van der Waals surface area contributed by atoms with Crippen molar-refractivity contribution < 1.29 is 24.2 Å². The van der Waals surface area contributed by atoms with Crippen LogP contribution >= 0.6 is 0 Å². The lowest BCUT2D eigenvalue weighted by atomic mass is 10.0. The molecule has 1 atom stereocenters. The molecule has 0 aliphatic carbocycles. The van der Waals surface area contributed by atoms with Gasteiger partial charge in [-0.1, -0.05) is 275 Å². The van der Waals surface area contributed by atoms with E-state index < -0.39 is 6.10 Å². The number of hydrogen-bond donors (Lipinski definition) is 1. The Kier molecular flexibility index (Phi) is 59.5. The number of allylic oxidation sites excluding steroid dienone is 24. The van der Waals surface area contributed by atoms with Crippen molar-refractivity contribution in [2.75, 3.05) is 13.2 Å². The summed E-state index contributed by atoms with van der Waals surface area (Å²) in [5.41, 5.74) is 0. The normalized spacial score (nSPS) is 13.3. The first-order valence-corrected chi connectivity index (χ1v) is 30.4. The number of carbonyl (C=O) groups is 2. The third-order valence-corrected chi connectivity index (χ3v) is 12.6. The zero-order valence-electron chi connectivity index (χ0n) is 47.8. The summed E-state index contributed by atoms with van der Waals surface area (Å²) in [5, 5.41) is 9.66. The maximum absolute atomic E-state index is 12.3. The Hall–Kier alpha value is -4.22. The predicted octanol–water partition coefficient (Wildman–Crippen LogP) is 21.0. The molecule has 74 heavy (non-hydrogen) atoms. The molecular weight excluding hydrogens is 909 g/mol. The first-order valence-electron chi connectivity index (χ1n) is 30.4. The summed E-state index contributed by atoms with van der Waals surface area (Å²) in [4.78, 5) is 24.6. The predicted molar refractivity (Wildman–Crippen MR) is 324 cm³/mol. The monoisotopic (exact) mass is 1020 g/mol. The molecule has 5 heteroatoms. The number of unbranched alkanes of at least 4 members (excludes halogenated alkanes) is 22. The Balaban J connectivity index is 3.54. The van der Waals surface area contributed by atoms with Gasteiger partial charge >= 0.3 is 11.9 Å². The fraction of sp³-hybridized carbons (Fsp3) is 0.623. The maximum atomic E-state index is 12.3. The smallest absolute Gasteiger partial charge is 0.306 e. The third-order valence-electron chi connectivity index (χ3n) is 12.6. The highest BCUT2D eigenvalue weighted by atomic mass is 16.6. The summed E-state index contributed by atoms with van der Waals surface area (Å²) in [6, 6.07) is 0. The summed E-state index contributed by atoms with van der Waals surface area (Å²) >= 11 is 0. The molecule has 0 aromatic rings. The number of hydrogen-bond acceptors (Lipinski definition) is 5. The van der Waals surface area contributed by atoms with Crippen molar-refractivity contribution in [3.8, 4) is 0 Å². The summed E-state index contributed by atoms with van der Waals surface area (Å²) in [5.74, 6) is -0.632. The third kappa shape index (κ3) is 60.3. The Morgan fingerprint density at radius 2 is 0.541 bits per heavy atom. The molecule has 1 N–H and O–H groups in total. The molecule has 0 fully saturated rings. The number of ether oxygens (including phenoxy) is 2. The average Bonchev–Trinajstić information content (AvgIpc) is 3.40. The van der Waals surface area contributed by atoms with Crippen molar-refractivity contribution in [3.05, 3.63) is 146 Å². The number of aliphatic hydroxyl groups is 1. The first-order chi connectivity index (χ1) is 36.6. The van der Waals surface area contributed by atoms with Crippen LogP contribution in [0, 0.1) is 0 Å². The number of carbonyl (C=O) groups excluding carboxylic acids is 2. The molecule has 0 aromatic carbocycles. The van der Waals surface area contributed by atoms with Crippen LogP contribution in [0.15, 0.2) is 146 Å². The van der Waals surface area contributed by atoms with Gasteiger partial charge in [0.1, 0.15) is 6.61 Å². The van der Waals surface area contributed by atoms with Gasteiger partial charge in [0.2, 0.25) is 0 Å². The quantitative estimate of drug-likeness (QED) is 0.0373. The highest BCUT2D eigenvalue weighted by Crippen LogP contribution is 2.16. The van der Waals surface area contributed by atoms with Gasteiger partial charge in [-0.25, -0.2) is 0 Å². The van der Waals surface area contributed by atoms with Crippen molar-refractivity contribution in [1.29, 1.82) is 0 Å². The van der Waals surface area contributed by atoms with Gasteiger partial charge in [-0.05, 0) is 116 Å². The second-order valence-electron chi connectivity index (χ2n) is 19.7. The van der Waals surface area contributed by atoms with E-state index >= 15 is 0 Å². The molecule has 0 heterocycles. The Morgan fingerprint density at radius 1 is 0.311 bits per heavy atom. The van der Waals surface area contributed by atoms with Crippen LogP contribution in [0.25, 0.3) is 0 Å². The lowest BCUT2D eigenvalue weighted by Gasteiger charge is -2.15. The fourth-order valence-corrected chi connectivity index (χ4v) is 8.15. The molecule has 0 saturated heterocycles. The van der Waals surface area contributed by atoms with Crippen LogP contribution in [0.2, 0.25) is 0 Å². The number of esters is 2. The van der Waals surface area contributed by atoms with Crippen LogP contribution in [0.1, 0.15) is 258 Å². The molecule has 0 bridgehead atoms. The van der Waals surface area contributed by atoms with E-state index in [1.165, 1.54) is 109 Å². The highest BCUT2D eigenvalue weighted by Gasteiger charge is 2.16. The molecule has 5 nitrogen and oxygen atoms in total. The molecule has 0 aromatic heterocycles. The summed E-state index contributed by atoms with van der Waals surface area (Å²) in [6.45, 7) is 3.89. The second kappa shape index (κ2) is 63.1. The molecule has 0 aliphatic heterocycles. The minimum atomic E-state index is -0.800. The van der Waals surface area contributed by atoms with E-state index in [4.69, 9.17) is 9.47 Å². The maximum Gasteiger partial charge on any atom is 0.306 e. The van der Waals surface area contributed by atoms with Crippen molar-refractivity contribution in [2.24, 2.45) is 0 Å². The lowest BCUT2D eigenvalue weighted by molar-refractivity contribution is -0.161. The Bertz CT molecular complexity index is 1580. The minimum Gasteiger partial charge on any atom is -0.462 e. The molecule has 1 unspecified atom stereocenters. The van der Waals surface area contributed by atoms with Crippen LogP contribution in [-0.4, -0.2) is 36.4 Å². The van der Waals surface area contributed by atoms with Gasteiger partial charge < -0.3 is 14.6 Å². The van der Waals surface area contributed by atoms with E-state index in [1.54, 1.807) is 0 Å². The van der Waals surface area contributed by atoms with E-state index in [1.807, 2.05) is 0 Å². The molecule has 418 valence electrons. The molecule has 0 aliphatic rings. The molecule has 0 radical (unpaired) electrons. The van der Waals surface area contributed by atoms with Gasteiger partial charge in [0, 0.05) is 12.8 Å². The molecule has 0 amide bonds. The zero-order valence-corrected chi connectivity index (χ0v) is 47.8. The lowest BCUT2D eigenvalue weighted by Crippen LogP contribution is -2.28. The van der Waals surface area contributed by atoms with E-state index in [0.29, 0.717) is 12.8 Å². The standard InChI is InChI=1S/C69H112O5/c1-3-5-7-9-11-13-15-17-19-21-23-25-27-29-30-31-32-33-34-35-36-37-38-40-41-43-45-47-49-51-53-55-57-59-61-63-68(71)73-66-67(65-70)74-69(72)64-62-60-58-56-54-52-50-48-46-44-42-39-28-26-24-22-20-18-16-14-12-10-8-6-4-2/h5-8,11-14,17-20,23-26,29-30,39,42,46,48,52,54,67,70H,3-4,9-10,15-16,21-22,27-28,31-38,40-41,43-45,47,49-51,53,55-66H2,1-2H3/b7-5-,8-6-,13-11-,14-12-,19-17-,20-18-,25-23-,26-24-,30-29-,42-39-,48-46-,54-52-. The van der Waals surface area contributed by atoms with E-state index in [2.05, 4.69) is 160 Å². The minimum absolute atomic E-state index is 0.0864. The average molecular weight is 1020 g/mol. The van der Waals surface area contributed by atoms with Gasteiger partial charge in [0.25, 0.3) is 0 Å². The zero-order chi connectivity index (χ0) is 53.4. The van der Waals surface area contributed by atoms with Crippen molar-refractivity contribution in [3.63, 3.8) is 0 Å². The van der Waals surface area contributed by atoms with Gasteiger partial charge in [-0.2, -0.15) is 0 Å². The first kappa shape index (κ1) is 69.8. The largest absolute Gasteiger partial charge is 0.462 e. The molecular formula is C69H112O5. The molecule has 0 rings (SSSR count). The summed E-state index contributed by atoms with van der Waals surface area (Å²) in [7, 11) is 0. The van der Waals surface area contributed by atoms with Crippen LogP contribution in [0.3, 0.4) is 0 Å². The molecule has 0 saturated carbocycles. The van der Waals surface area contributed by atoms with Crippen LogP contribution in [0.4, 0.5) is 0 Å². The van der Waals surface area contributed by atoms with E-state index in [9.17, 15) is 14.7 Å². The highest BCUT2D eigenvalue weighted by molar-refractivity contribution is 5.70. The van der Waals surface area contributed by atoms with Crippen LogP contribution in [-0.2, 0) is 19.1 Å². The van der Waals surface area contributed by atoms with Crippen LogP contribution < -0.4 is 0 Å². The molecule has 0 spiro atoms. The van der Waals surface area contributed by atoms with E-state index in [-0.39, 0.29) is 25.2 Å². The van der Waals surface area contributed by atoms with Crippen molar-refractivity contribution in [1.82, 2.24) is 0 Å². The SMILES string of the molecule is CC/C=C\C/C=C\C/C=C\C/C=C\C/C=C\C/C=C\C/C=C\CCCCCC(=O)OC(CO)COC(=O)CCCCCCCCCCCCCCCCCCCCC/C=C\C/C=C\C/C=C\C/C=C\C/C=C\CC. The number of rotatable bonds is 54. The fourth-order valence-electron chi connectivity index (χ4n) is 8.15. The van der Waals surface area contributed by atoms with Gasteiger partial charge in [0.15, 0.2) is 6.10 Å². The van der Waals surface area contributed by atoms with Gasteiger partial charge in [0.05, 0.1) is 6.61 Å². The topological polar surface area (TPSA) is 72.8 Å². The number of aliphatic hydroxyl groups excluding tert-OH is 1. The van der Waals surface area contributed by atoms with Gasteiger partial charge in [-0.3, -0.25) is 9.59 Å². The summed E-state index contributed by atoms with van der Waals surface area (Å²) < 4.78 is 10.7. The Morgan fingerprint density at radius 3 is 0.824 bits per heavy atom. The van der Waals surface area contributed by atoms with Crippen molar-refractivity contribution in [2.45, 2.75) is 264 Å². The van der Waals surface area contributed by atoms with Crippen molar-refractivity contribution >= 4 is 11.9 Å². The van der Waals surface area contributed by atoms with E-state index in [0.717, 1.165) is 122 Å². The van der Waals surface area contributed by atoms with Crippen LogP contribution in [0.5, 0.6) is 0 Å². The second-order valence-corrected chi connectivity index (χ2v) is 19.7. The van der Waals surface area contributed by atoms with Gasteiger partial charge in [-0.15, -0.1) is 0 Å².